The van der Waals surface area contributed by atoms with Crippen molar-refractivity contribution in [2.24, 2.45) is 34.5 Å². The highest BCUT2D eigenvalue weighted by Crippen LogP contribution is 2.66. The van der Waals surface area contributed by atoms with Gasteiger partial charge in [-0.05, 0) is 98.7 Å². The van der Waals surface area contributed by atoms with Gasteiger partial charge >= 0.3 is 0 Å². The van der Waals surface area contributed by atoms with Gasteiger partial charge < -0.3 is 10.2 Å². The monoisotopic (exact) mass is 320 g/mol. The predicted molar refractivity (Wildman–Crippen MR) is 93.0 cm³/mol. The Morgan fingerprint density at radius 2 is 1.61 bits per heavy atom. The molecule has 8 unspecified atom stereocenters. The molecule has 0 heterocycles. The molecule has 4 aliphatic carbocycles. The minimum Gasteiger partial charge on any atom is -0.393 e. The van der Waals surface area contributed by atoms with E-state index >= 15 is 0 Å². The maximum absolute atomic E-state index is 10.8. The summed E-state index contributed by atoms with van der Waals surface area (Å²) in [5.74, 6) is 3.14. The number of hydrogen-bond donors (Lipinski definition) is 2. The summed E-state index contributed by atoms with van der Waals surface area (Å²) in [6.07, 6.45) is 11.6. The molecular weight excluding hydrogens is 284 g/mol. The molecule has 8 atom stereocenters. The molecule has 0 saturated heterocycles. The summed E-state index contributed by atoms with van der Waals surface area (Å²) in [6.45, 7) is 7.08. The maximum Gasteiger partial charge on any atom is 0.0648 e. The molecule has 4 aliphatic rings. The van der Waals surface area contributed by atoms with Crippen LogP contribution < -0.4 is 0 Å². The lowest BCUT2D eigenvalue weighted by Crippen LogP contribution is -2.56. The molecule has 0 bridgehead atoms. The topological polar surface area (TPSA) is 40.5 Å². The molecule has 0 aromatic rings. The summed E-state index contributed by atoms with van der Waals surface area (Å²) in [5, 5.41) is 21.4. The Morgan fingerprint density at radius 1 is 0.870 bits per heavy atom. The van der Waals surface area contributed by atoms with Crippen LogP contribution in [0.5, 0.6) is 0 Å². The van der Waals surface area contributed by atoms with Gasteiger partial charge in [0.1, 0.15) is 0 Å². The molecule has 0 aliphatic heterocycles. The summed E-state index contributed by atoms with van der Waals surface area (Å²) < 4.78 is 0. The number of fused-ring (bicyclic) bond motifs is 5. The van der Waals surface area contributed by atoms with Crippen LogP contribution in [0.15, 0.2) is 0 Å². The second kappa shape index (κ2) is 5.21. The van der Waals surface area contributed by atoms with E-state index in [4.69, 9.17) is 0 Å². The van der Waals surface area contributed by atoms with Gasteiger partial charge in [-0.15, -0.1) is 0 Å². The highest BCUT2D eigenvalue weighted by molar-refractivity contribution is 5.10. The summed E-state index contributed by atoms with van der Waals surface area (Å²) >= 11 is 0. The Balaban J connectivity index is 1.60. The van der Waals surface area contributed by atoms with Crippen LogP contribution in [0.25, 0.3) is 0 Å². The SMILES string of the molecule is CCC1(O)CCC2(C)C(CCC3C4CCC(O)C4(C)CCC32)C1. The van der Waals surface area contributed by atoms with Crippen molar-refractivity contribution in [2.45, 2.75) is 96.7 Å². The van der Waals surface area contributed by atoms with E-state index in [1.54, 1.807) is 0 Å². The van der Waals surface area contributed by atoms with Gasteiger partial charge in [0.15, 0.2) is 0 Å². The van der Waals surface area contributed by atoms with Crippen molar-refractivity contribution in [1.82, 2.24) is 0 Å². The second-order valence-corrected chi connectivity index (χ2v) is 10.1. The fourth-order valence-corrected chi connectivity index (χ4v) is 7.62. The highest BCUT2D eigenvalue weighted by Gasteiger charge is 2.60. The first-order valence-corrected chi connectivity index (χ1v) is 10.2. The Hall–Kier alpha value is -0.0800. The first kappa shape index (κ1) is 16.4. The van der Waals surface area contributed by atoms with Gasteiger partial charge in [-0.3, -0.25) is 0 Å². The molecule has 0 aromatic heterocycles. The molecule has 4 rings (SSSR count). The zero-order valence-corrected chi connectivity index (χ0v) is 15.4. The molecule has 0 amide bonds. The van der Waals surface area contributed by atoms with Crippen molar-refractivity contribution in [3.63, 3.8) is 0 Å². The highest BCUT2D eigenvalue weighted by atomic mass is 16.3. The van der Waals surface area contributed by atoms with Crippen molar-refractivity contribution >= 4 is 0 Å². The number of aliphatic hydroxyl groups excluding tert-OH is 1. The molecule has 23 heavy (non-hydrogen) atoms. The van der Waals surface area contributed by atoms with Gasteiger partial charge in [0.25, 0.3) is 0 Å². The van der Waals surface area contributed by atoms with Crippen LogP contribution in [0.1, 0.15) is 85.0 Å². The first-order valence-electron chi connectivity index (χ1n) is 10.2. The molecule has 4 fully saturated rings. The van der Waals surface area contributed by atoms with Crippen molar-refractivity contribution in [2.75, 3.05) is 0 Å². The summed E-state index contributed by atoms with van der Waals surface area (Å²) in [7, 11) is 0. The van der Waals surface area contributed by atoms with E-state index in [2.05, 4.69) is 20.8 Å². The molecule has 0 spiro atoms. The minimum atomic E-state index is -0.385. The zero-order valence-electron chi connectivity index (χ0n) is 15.4. The van der Waals surface area contributed by atoms with Crippen molar-refractivity contribution in [1.29, 1.82) is 0 Å². The summed E-state index contributed by atoms with van der Waals surface area (Å²) in [4.78, 5) is 0. The van der Waals surface area contributed by atoms with Gasteiger partial charge in [0.2, 0.25) is 0 Å². The molecule has 2 heteroatoms. The largest absolute Gasteiger partial charge is 0.393 e. The third-order valence-electron chi connectivity index (χ3n) is 9.43. The van der Waals surface area contributed by atoms with E-state index in [1.165, 1.54) is 38.5 Å². The van der Waals surface area contributed by atoms with E-state index in [0.717, 1.165) is 49.4 Å². The third-order valence-corrected chi connectivity index (χ3v) is 9.43. The number of rotatable bonds is 1. The Labute approximate surface area is 142 Å². The fraction of sp³-hybridized carbons (Fsp3) is 1.00. The normalized spacial score (nSPS) is 59.1. The summed E-state index contributed by atoms with van der Waals surface area (Å²) in [6, 6.07) is 0. The van der Waals surface area contributed by atoms with Gasteiger partial charge in [-0.2, -0.15) is 0 Å². The van der Waals surface area contributed by atoms with Gasteiger partial charge in [-0.1, -0.05) is 20.8 Å². The third kappa shape index (κ3) is 2.20. The van der Waals surface area contributed by atoms with Crippen LogP contribution >= 0.6 is 0 Å². The average Bonchev–Trinajstić information content (AvgIpc) is 2.84. The standard InChI is InChI=1S/C21H36O2/c1-4-21(23)12-11-19(2)14(13-21)5-6-15-16-7-8-18(22)20(16,3)10-9-17(15)19/h14-18,22-23H,4-13H2,1-3H3. The first-order chi connectivity index (χ1) is 10.8. The van der Waals surface area contributed by atoms with E-state index in [9.17, 15) is 10.2 Å². The average molecular weight is 321 g/mol. The van der Waals surface area contributed by atoms with Crippen LogP contribution in [0.4, 0.5) is 0 Å². The molecule has 0 aromatic carbocycles. The van der Waals surface area contributed by atoms with Crippen molar-refractivity contribution in [3.8, 4) is 0 Å². The lowest BCUT2D eigenvalue weighted by molar-refractivity contribution is -0.155. The van der Waals surface area contributed by atoms with Crippen LogP contribution in [-0.4, -0.2) is 21.9 Å². The maximum atomic E-state index is 10.8. The Morgan fingerprint density at radius 3 is 2.35 bits per heavy atom. The quantitative estimate of drug-likeness (QED) is 0.745. The zero-order chi connectivity index (χ0) is 16.5. The molecule has 4 saturated carbocycles. The lowest BCUT2D eigenvalue weighted by Gasteiger charge is -2.61. The number of hydrogen-bond acceptors (Lipinski definition) is 2. The molecule has 2 N–H and O–H groups in total. The van der Waals surface area contributed by atoms with E-state index in [-0.39, 0.29) is 17.1 Å². The van der Waals surface area contributed by atoms with Crippen LogP contribution in [0, 0.1) is 34.5 Å². The van der Waals surface area contributed by atoms with E-state index in [1.807, 2.05) is 0 Å². The molecule has 0 radical (unpaired) electrons. The van der Waals surface area contributed by atoms with E-state index < -0.39 is 0 Å². The van der Waals surface area contributed by atoms with Crippen molar-refractivity contribution < 1.29 is 10.2 Å². The van der Waals surface area contributed by atoms with Crippen LogP contribution in [-0.2, 0) is 0 Å². The Bertz CT molecular complexity index is 476. The van der Waals surface area contributed by atoms with Gasteiger partial charge in [0, 0.05) is 0 Å². The predicted octanol–water partition coefficient (Wildman–Crippen LogP) is 4.53. The van der Waals surface area contributed by atoms with E-state index in [0.29, 0.717) is 5.41 Å². The van der Waals surface area contributed by atoms with Crippen LogP contribution in [0.3, 0.4) is 0 Å². The fourth-order valence-electron chi connectivity index (χ4n) is 7.62. The van der Waals surface area contributed by atoms with Gasteiger partial charge in [-0.25, -0.2) is 0 Å². The summed E-state index contributed by atoms with van der Waals surface area (Å²) in [5.41, 5.74) is 0.256. The lowest BCUT2D eigenvalue weighted by atomic mass is 9.44. The van der Waals surface area contributed by atoms with Crippen LogP contribution in [0.2, 0.25) is 0 Å². The minimum absolute atomic E-state index is 0.0597. The molecule has 132 valence electrons. The smallest absolute Gasteiger partial charge is 0.0648 e. The Kier molecular flexibility index (Phi) is 3.71. The second-order valence-electron chi connectivity index (χ2n) is 10.1. The molecule has 2 nitrogen and oxygen atoms in total. The van der Waals surface area contributed by atoms with Crippen molar-refractivity contribution in [3.05, 3.63) is 0 Å². The molecular formula is C21H36O2. The van der Waals surface area contributed by atoms with Gasteiger partial charge in [0.05, 0.1) is 11.7 Å². The number of aliphatic hydroxyl groups is 2.